The normalized spacial score (nSPS) is 10.5. The molecule has 0 atom stereocenters. The summed E-state index contributed by atoms with van der Waals surface area (Å²) in [6.07, 6.45) is 4.38. The van der Waals surface area contributed by atoms with Crippen LogP contribution in [0.5, 0.6) is 5.75 Å². The van der Waals surface area contributed by atoms with E-state index in [2.05, 4.69) is 25.5 Å². The minimum Gasteiger partial charge on any atom is -0.484 e. The van der Waals surface area contributed by atoms with E-state index in [1.807, 2.05) is 31.2 Å². The zero-order valence-corrected chi connectivity index (χ0v) is 15.6. The van der Waals surface area contributed by atoms with Gasteiger partial charge in [-0.25, -0.2) is 4.98 Å². The van der Waals surface area contributed by atoms with Crippen LogP contribution in [-0.2, 0) is 6.61 Å². The molecule has 0 aliphatic rings. The molecule has 2 aromatic heterocycles. The van der Waals surface area contributed by atoms with Gasteiger partial charge in [0.1, 0.15) is 11.4 Å². The molecular weight excluding hydrogens is 370 g/mol. The van der Waals surface area contributed by atoms with Crippen molar-refractivity contribution in [2.45, 2.75) is 13.5 Å². The fourth-order valence-corrected chi connectivity index (χ4v) is 2.62. The van der Waals surface area contributed by atoms with Gasteiger partial charge >= 0.3 is 0 Å². The van der Waals surface area contributed by atoms with Crippen LogP contribution in [0.4, 0.5) is 5.69 Å². The second kappa shape index (κ2) is 8.30. The molecule has 0 spiro atoms. The molecule has 2 aromatic carbocycles. The number of carbonyl (C=O) groups is 1. The number of anilines is 1. The van der Waals surface area contributed by atoms with Gasteiger partial charge in [0.2, 0.25) is 5.89 Å². The van der Waals surface area contributed by atoms with Gasteiger partial charge in [0.15, 0.2) is 6.61 Å². The monoisotopic (exact) mass is 387 g/mol. The van der Waals surface area contributed by atoms with E-state index >= 15 is 0 Å². The number of benzene rings is 2. The Kier molecular flexibility index (Phi) is 5.24. The summed E-state index contributed by atoms with van der Waals surface area (Å²) in [6, 6.07) is 14.7. The minimum absolute atomic E-state index is 0.143. The summed E-state index contributed by atoms with van der Waals surface area (Å²) < 4.78 is 11.4. The quantitative estimate of drug-likeness (QED) is 0.538. The Morgan fingerprint density at radius 1 is 1.07 bits per heavy atom. The van der Waals surface area contributed by atoms with Gasteiger partial charge in [0, 0.05) is 23.6 Å². The van der Waals surface area contributed by atoms with Gasteiger partial charge in [0.05, 0.1) is 6.20 Å². The van der Waals surface area contributed by atoms with Crippen LogP contribution in [0.25, 0.3) is 11.5 Å². The highest BCUT2D eigenvalue weighted by Gasteiger charge is 2.11. The van der Waals surface area contributed by atoms with Crippen LogP contribution in [-0.4, -0.2) is 26.1 Å². The van der Waals surface area contributed by atoms with E-state index < -0.39 is 0 Å². The smallest absolute Gasteiger partial charge is 0.275 e. The van der Waals surface area contributed by atoms with Crippen LogP contribution >= 0.6 is 0 Å². The van der Waals surface area contributed by atoms with Gasteiger partial charge in [-0.15, -0.1) is 10.2 Å². The summed E-state index contributed by atoms with van der Waals surface area (Å²) in [5.41, 5.74) is 2.82. The number of amides is 1. The Morgan fingerprint density at radius 3 is 2.66 bits per heavy atom. The fourth-order valence-electron chi connectivity index (χ4n) is 2.62. The molecule has 0 saturated carbocycles. The number of ether oxygens (including phenoxy) is 1. The summed E-state index contributed by atoms with van der Waals surface area (Å²) >= 11 is 0. The van der Waals surface area contributed by atoms with E-state index in [9.17, 15) is 4.79 Å². The number of rotatable bonds is 6. The fraction of sp³-hybridized carbons (Fsp3) is 0.0952. The zero-order chi connectivity index (χ0) is 20.1. The van der Waals surface area contributed by atoms with Gasteiger partial charge in [-0.1, -0.05) is 18.2 Å². The number of aromatic nitrogens is 4. The number of hydrogen-bond donors (Lipinski definition) is 1. The third-order valence-corrected chi connectivity index (χ3v) is 4.11. The van der Waals surface area contributed by atoms with Gasteiger partial charge in [0.25, 0.3) is 11.8 Å². The Labute approximate surface area is 166 Å². The largest absolute Gasteiger partial charge is 0.484 e. The predicted octanol–water partition coefficient (Wildman–Crippen LogP) is 3.67. The average Bonchev–Trinajstić information content (AvgIpc) is 3.23. The lowest BCUT2D eigenvalue weighted by molar-refractivity contribution is 0.102. The summed E-state index contributed by atoms with van der Waals surface area (Å²) in [5, 5.41) is 10.9. The standard InChI is InChI=1S/C21H17N5O3/c1-14-4-2-3-5-17(14)21-26-25-19(29-21)13-28-16-8-6-15(7-9-16)24-20(27)18-12-22-10-11-23-18/h2-12H,13H2,1H3,(H,24,27). The van der Waals surface area contributed by atoms with Crippen molar-refractivity contribution in [1.82, 2.24) is 20.2 Å². The first kappa shape index (κ1) is 18.3. The van der Waals surface area contributed by atoms with Crippen LogP contribution < -0.4 is 10.1 Å². The molecule has 4 aromatic rings. The van der Waals surface area contributed by atoms with Crippen LogP contribution in [0.2, 0.25) is 0 Å². The van der Waals surface area contributed by atoms with E-state index in [0.29, 0.717) is 23.2 Å². The van der Waals surface area contributed by atoms with Crippen molar-refractivity contribution in [3.05, 3.63) is 84.3 Å². The molecule has 4 rings (SSSR count). The van der Waals surface area contributed by atoms with Crippen LogP contribution in [0, 0.1) is 6.92 Å². The summed E-state index contributed by atoms with van der Waals surface area (Å²) in [7, 11) is 0. The highest BCUT2D eigenvalue weighted by molar-refractivity contribution is 6.02. The Morgan fingerprint density at radius 2 is 1.90 bits per heavy atom. The minimum atomic E-state index is -0.332. The maximum Gasteiger partial charge on any atom is 0.275 e. The zero-order valence-electron chi connectivity index (χ0n) is 15.6. The first-order valence-corrected chi connectivity index (χ1v) is 8.87. The molecule has 144 valence electrons. The highest BCUT2D eigenvalue weighted by atomic mass is 16.5. The van der Waals surface area contributed by atoms with Crippen molar-refractivity contribution < 1.29 is 13.9 Å². The molecule has 0 aliphatic heterocycles. The molecular formula is C21H17N5O3. The van der Waals surface area contributed by atoms with Crippen molar-refractivity contribution in [1.29, 1.82) is 0 Å². The van der Waals surface area contributed by atoms with E-state index in [1.165, 1.54) is 18.6 Å². The van der Waals surface area contributed by atoms with Crippen molar-refractivity contribution in [3.8, 4) is 17.2 Å². The Bertz CT molecular complexity index is 1110. The number of nitrogens with one attached hydrogen (secondary N) is 1. The van der Waals surface area contributed by atoms with Crippen LogP contribution in [0.3, 0.4) is 0 Å². The topological polar surface area (TPSA) is 103 Å². The SMILES string of the molecule is Cc1ccccc1-c1nnc(COc2ccc(NC(=O)c3cnccn3)cc2)o1. The number of aryl methyl sites for hydroxylation is 1. The molecule has 2 heterocycles. The van der Waals surface area contributed by atoms with Crippen molar-refractivity contribution in [2.75, 3.05) is 5.32 Å². The van der Waals surface area contributed by atoms with E-state index in [4.69, 9.17) is 9.15 Å². The lowest BCUT2D eigenvalue weighted by Gasteiger charge is -2.06. The van der Waals surface area contributed by atoms with Crippen molar-refractivity contribution >= 4 is 11.6 Å². The van der Waals surface area contributed by atoms with Gasteiger partial charge in [-0.2, -0.15) is 0 Å². The molecule has 0 fully saturated rings. The Hall–Kier alpha value is -4.07. The number of hydrogen-bond acceptors (Lipinski definition) is 7. The van der Waals surface area contributed by atoms with Gasteiger partial charge < -0.3 is 14.5 Å². The average molecular weight is 387 g/mol. The van der Waals surface area contributed by atoms with Gasteiger partial charge in [-0.3, -0.25) is 9.78 Å². The first-order chi connectivity index (χ1) is 14.2. The van der Waals surface area contributed by atoms with Crippen molar-refractivity contribution in [3.63, 3.8) is 0 Å². The second-order valence-corrected chi connectivity index (χ2v) is 6.17. The molecule has 0 saturated heterocycles. The molecule has 0 unspecified atom stereocenters. The first-order valence-electron chi connectivity index (χ1n) is 8.87. The molecule has 0 bridgehead atoms. The third-order valence-electron chi connectivity index (χ3n) is 4.11. The molecule has 1 N–H and O–H groups in total. The lowest BCUT2D eigenvalue weighted by atomic mass is 10.1. The maximum atomic E-state index is 12.1. The van der Waals surface area contributed by atoms with Crippen LogP contribution in [0.15, 0.2) is 71.5 Å². The highest BCUT2D eigenvalue weighted by Crippen LogP contribution is 2.22. The second-order valence-electron chi connectivity index (χ2n) is 6.17. The molecule has 29 heavy (non-hydrogen) atoms. The van der Waals surface area contributed by atoms with Gasteiger partial charge in [-0.05, 0) is 42.8 Å². The summed E-state index contributed by atoms with van der Waals surface area (Å²) in [4.78, 5) is 19.9. The van der Waals surface area contributed by atoms with E-state index in [-0.39, 0.29) is 18.2 Å². The summed E-state index contributed by atoms with van der Waals surface area (Å²) in [5.74, 6) is 1.12. The maximum absolute atomic E-state index is 12.1. The Balaban J connectivity index is 1.35. The third kappa shape index (κ3) is 4.44. The summed E-state index contributed by atoms with van der Waals surface area (Å²) in [6.45, 7) is 2.13. The molecule has 8 heteroatoms. The number of carbonyl (C=O) groups excluding carboxylic acids is 1. The molecule has 1 amide bonds. The number of nitrogens with zero attached hydrogens (tertiary/aromatic N) is 4. The predicted molar refractivity (Wildman–Crippen MR) is 105 cm³/mol. The van der Waals surface area contributed by atoms with E-state index in [0.717, 1.165) is 11.1 Å². The lowest BCUT2D eigenvalue weighted by Crippen LogP contribution is -2.13. The molecule has 0 aliphatic carbocycles. The van der Waals surface area contributed by atoms with Crippen molar-refractivity contribution in [2.24, 2.45) is 0 Å². The molecule has 8 nitrogen and oxygen atoms in total. The molecule has 0 radical (unpaired) electrons. The van der Waals surface area contributed by atoms with E-state index in [1.54, 1.807) is 24.3 Å². The van der Waals surface area contributed by atoms with Crippen LogP contribution in [0.1, 0.15) is 21.9 Å².